The zero-order valence-electron chi connectivity index (χ0n) is 12.1. The van der Waals surface area contributed by atoms with Crippen molar-refractivity contribution in [2.75, 3.05) is 13.1 Å². The number of carbonyl (C=O) groups is 2. The molecule has 0 bridgehead atoms. The van der Waals surface area contributed by atoms with Crippen molar-refractivity contribution in [3.05, 3.63) is 35.4 Å². The second-order valence-corrected chi connectivity index (χ2v) is 6.26. The number of nitrogens with zero attached hydrogens (tertiary/aromatic N) is 1. The van der Waals surface area contributed by atoms with Crippen LogP contribution in [0.1, 0.15) is 42.6 Å². The number of carboxylic acid groups (broad SMARTS) is 1. The largest absolute Gasteiger partial charge is 0.478 e. The molecule has 1 fully saturated rings. The molecule has 108 valence electrons. The smallest absolute Gasteiger partial charge is 0.335 e. The number of rotatable bonds is 3. The summed E-state index contributed by atoms with van der Waals surface area (Å²) in [6.45, 7) is 6.01. The number of amides is 1. The highest BCUT2D eigenvalue weighted by atomic mass is 16.4. The highest BCUT2D eigenvalue weighted by molar-refractivity contribution is 5.87. The SMILES string of the molecule is CC1(C)CCCN(C(=O)Cc2ccc(C(=O)O)cc2)C1. The van der Waals surface area contributed by atoms with E-state index in [-0.39, 0.29) is 16.9 Å². The normalized spacial score (nSPS) is 17.8. The van der Waals surface area contributed by atoms with E-state index in [0.717, 1.165) is 31.5 Å². The Bertz CT molecular complexity index is 505. The molecule has 1 amide bonds. The second kappa shape index (κ2) is 5.65. The number of carbonyl (C=O) groups excluding carboxylic acids is 1. The third-order valence-electron chi connectivity index (χ3n) is 3.81. The second-order valence-electron chi connectivity index (χ2n) is 6.26. The number of hydrogen-bond acceptors (Lipinski definition) is 2. The molecule has 0 atom stereocenters. The molecular formula is C16H21NO3. The third-order valence-corrected chi connectivity index (χ3v) is 3.81. The van der Waals surface area contributed by atoms with Gasteiger partial charge >= 0.3 is 5.97 Å². The van der Waals surface area contributed by atoms with Crippen molar-refractivity contribution < 1.29 is 14.7 Å². The topological polar surface area (TPSA) is 57.6 Å². The molecule has 1 saturated heterocycles. The van der Waals surface area contributed by atoms with E-state index in [4.69, 9.17) is 5.11 Å². The Morgan fingerprint density at radius 2 is 1.90 bits per heavy atom. The standard InChI is InChI=1S/C16H21NO3/c1-16(2)8-3-9-17(11-16)14(18)10-12-4-6-13(7-5-12)15(19)20/h4-7H,3,8-11H2,1-2H3,(H,19,20). The van der Waals surface area contributed by atoms with E-state index >= 15 is 0 Å². The Kier molecular flexibility index (Phi) is 4.12. The van der Waals surface area contributed by atoms with E-state index in [9.17, 15) is 9.59 Å². The number of likely N-dealkylation sites (tertiary alicyclic amines) is 1. The molecule has 0 unspecified atom stereocenters. The first kappa shape index (κ1) is 14.6. The summed E-state index contributed by atoms with van der Waals surface area (Å²) in [4.78, 5) is 25.0. The van der Waals surface area contributed by atoms with Crippen LogP contribution in [0.25, 0.3) is 0 Å². The number of carboxylic acids is 1. The highest BCUT2D eigenvalue weighted by Crippen LogP contribution is 2.28. The van der Waals surface area contributed by atoms with Gasteiger partial charge in [0.1, 0.15) is 0 Å². The van der Waals surface area contributed by atoms with Crippen molar-refractivity contribution >= 4 is 11.9 Å². The molecule has 2 rings (SSSR count). The van der Waals surface area contributed by atoms with Gasteiger partial charge in [0, 0.05) is 13.1 Å². The molecule has 20 heavy (non-hydrogen) atoms. The fraction of sp³-hybridized carbons (Fsp3) is 0.500. The minimum Gasteiger partial charge on any atom is -0.478 e. The van der Waals surface area contributed by atoms with Crippen LogP contribution in [0, 0.1) is 5.41 Å². The Morgan fingerprint density at radius 3 is 2.45 bits per heavy atom. The Hall–Kier alpha value is -1.84. The number of piperidine rings is 1. The first-order valence-corrected chi connectivity index (χ1v) is 6.97. The summed E-state index contributed by atoms with van der Waals surface area (Å²) in [6, 6.07) is 6.53. The summed E-state index contributed by atoms with van der Waals surface area (Å²) >= 11 is 0. The van der Waals surface area contributed by atoms with Crippen LogP contribution >= 0.6 is 0 Å². The number of benzene rings is 1. The van der Waals surface area contributed by atoms with Gasteiger partial charge in [0.2, 0.25) is 5.91 Å². The van der Waals surface area contributed by atoms with Gasteiger partial charge in [-0.1, -0.05) is 26.0 Å². The molecule has 1 aromatic rings. The van der Waals surface area contributed by atoms with Gasteiger partial charge in [0.15, 0.2) is 0 Å². The quantitative estimate of drug-likeness (QED) is 0.922. The summed E-state index contributed by atoms with van der Waals surface area (Å²) in [6.07, 6.45) is 2.55. The molecule has 1 N–H and O–H groups in total. The molecule has 1 aliphatic heterocycles. The van der Waals surface area contributed by atoms with Gasteiger partial charge in [-0.05, 0) is 36.0 Å². The van der Waals surface area contributed by atoms with Crippen LogP contribution in [0.3, 0.4) is 0 Å². The van der Waals surface area contributed by atoms with Gasteiger partial charge in [0.25, 0.3) is 0 Å². The lowest BCUT2D eigenvalue weighted by atomic mass is 9.84. The van der Waals surface area contributed by atoms with Crippen molar-refractivity contribution in [2.24, 2.45) is 5.41 Å². The van der Waals surface area contributed by atoms with Crippen LogP contribution in [-0.4, -0.2) is 35.0 Å². The van der Waals surface area contributed by atoms with Gasteiger partial charge in [-0.3, -0.25) is 4.79 Å². The number of aromatic carboxylic acids is 1. The van der Waals surface area contributed by atoms with Gasteiger partial charge in [-0.15, -0.1) is 0 Å². The molecule has 0 radical (unpaired) electrons. The first-order valence-electron chi connectivity index (χ1n) is 6.97. The lowest BCUT2D eigenvalue weighted by Crippen LogP contribution is -2.44. The van der Waals surface area contributed by atoms with Crippen molar-refractivity contribution in [1.82, 2.24) is 4.90 Å². The summed E-state index contributed by atoms with van der Waals surface area (Å²) in [5, 5.41) is 8.84. The van der Waals surface area contributed by atoms with E-state index in [0.29, 0.717) is 6.42 Å². The highest BCUT2D eigenvalue weighted by Gasteiger charge is 2.28. The molecule has 1 aliphatic rings. The van der Waals surface area contributed by atoms with Crippen LogP contribution in [-0.2, 0) is 11.2 Å². The van der Waals surface area contributed by atoms with Crippen LogP contribution < -0.4 is 0 Å². The van der Waals surface area contributed by atoms with Crippen molar-refractivity contribution in [3.63, 3.8) is 0 Å². The maximum Gasteiger partial charge on any atom is 0.335 e. The van der Waals surface area contributed by atoms with Crippen LogP contribution in [0.2, 0.25) is 0 Å². The zero-order valence-corrected chi connectivity index (χ0v) is 12.1. The van der Waals surface area contributed by atoms with E-state index in [2.05, 4.69) is 13.8 Å². The molecular weight excluding hydrogens is 254 g/mol. The van der Waals surface area contributed by atoms with E-state index in [1.165, 1.54) is 0 Å². The minimum atomic E-state index is -0.944. The maximum atomic E-state index is 12.3. The molecule has 1 heterocycles. The fourth-order valence-electron chi connectivity index (χ4n) is 2.69. The van der Waals surface area contributed by atoms with Crippen molar-refractivity contribution in [3.8, 4) is 0 Å². The molecule has 0 aromatic heterocycles. The first-order chi connectivity index (χ1) is 9.37. The van der Waals surface area contributed by atoms with Gasteiger partial charge < -0.3 is 10.0 Å². The Labute approximate surface area is 119 Å². The van der Waals surface area contributed by atoms with E-state index < -0.39 is 5.97 Å². The predicted molar refractivity (Wildman–Crippen MR) is 76.7 cm³/mol. The summed E-state index contributed by atoms with van der Waals surface area (Å²) in [5.74, 6) is -0.818. The predicted octanol–water partition coefficient (Wildman–Crippen LogP) is 2.58. The molecule has 4 nitrogen and oxygen atoms in total. The minimum absolute atomic E-state index is 0.126. The van der Waals surface area contributed by atoms with Crippen molar-refractivity contribution in [2.45, 2.75) is 33.1 Å². The van der Waals surface area contributed by atoms with Gasteiger partial charge in [-0.25, -0.2) is 4.79 Å². The molecule has 1 aromatic carbocycles. The molecule has 0 saturated carbocycles. The summed E-state index contributed by atoms with van der Waals surface area (Å²) < 4.78 is 0. The Balaban J connectivity index is 1.99. The summed E-state index contributed by atoms with van der Waals surface area (Å²) in [7, 11) is 0. The third kappa shape index (κ3) is 3.59. The molecule has 0 spiro atoms. The van der Waals surface area contributed by atoms with Crippen LogP contribution in [0.4, 0.5) is 0 Å². The van der Waals surface area contributed by atoms with Gasteiger partial charge in [-0.2, -0.15) is 0 Å². The van der Waals surface area contributed by atoms with Gasteiger partial charge in [0.05, 0.1) is 12.0 Å². The lowest BCUT2D eigenvalue weighted by molar-refractivity contribution is -0.133. The monoisotopic (exact) mass is 275 g/mol. The van der Waals surface area contributed by atoms with E-state index in [1.54, 1.807) is 24.3 Å². The Morgan fingerprint density at radius 1 is 1.25 bits per heavy atom. The molecule has 0 aliphatic carbocycles. The average Bonchev–Trinajstić information content (AvgIpc) is 2.38. The molecule has 4 heteroatoms. The van der Waals surface area contributed by atoms with Crippen LogP contribution in [0.15, 0.2) is 24.3 Å². The number of hydrogen-bond donors (Lipinski definition) is 1. The van der Waals surface area contributed by atoms with Crippen LogP contribution in [0.5, 0.6) is 0 Å². The lowest BCUT2D eigenvalue weighted by Gasteiger charge is -2.38. The zero-order chi connectivity index (χ0) is 14.8. The van der Waals surface area contributed by atoms with Crippen molar-refractivity contribution in [1.29, 1.82) is 0 Å². The maximum absolute atomic E-state index is 12.3. The average molecular weight is 275 g/mol. The van der Waals surface area contributed by atoms with E-state index in [1.807, 2.05) is 4.90 Å². The summed E-state index contributed by atoms with van der Waals surface area (Å²) in [5.41, 5.74) is 1.31. The fourth-order valence-corrected chi connectivity index (χ4v) is 2.69.